The Labute approximate surface area is 123 Å². The van der Waals surface area contributed by atoms with Crippen LogP contribution in [0, 0.1) is 0 Å². The summed E-state index contributed by atoms with van der Waals surface area (Å²) in [4.78, 5) is 0. The summed E-state index contributed by atoms with van der Waals surface area (Å²) in [5.74, 6) is 0.930. The zero-order chi connectivity index (χ0) is 14.6. The van der Waals surface area contributed by atoms with Gasteiger partial charge in [-0.15, -0.1) is 0 Å². The molecule has 0 radical (unpaired) electrons. The van der Waals surface area contributed by atoms with Gasteiger partial charge < -0.3 is 20.3 Å². The summed E-state index contributed by atoms with van der Waals surface area (Å²) < 4.78 is 5.46. The number of benzene rings is 1. The standard InChI is InChI=1S/C17H19NO3/c1-21-11-3-4-12-13-8-10-2-5-14(19)16(20)15(10)17(12,9-11)6-7-18-13/h2-5,13,18-20H,6-9H2,1H3. The van der Waals surface area contributed by atoms with E-state index in [1.54, 1.807) is 13.2 Å². The lowest BCUT2D eigenvalue weighted by Crippen LogP contribution is -2.54. The van der Waals surface area contributed by atoms with E-state index in [9.17, 15) is 10.2 Å². The van der Waals surface area contributed by atoms with Crippen molar-refractivity contribution in [1.82, 2.24) is 5.32 Å². The zero-order valence-electron chi connectivity index (χ0n) is 12.0. The Hall–Kier alpha value is -1.94. The summed E-state index contributed by atoms with van der Waals surface area (Å²) >= 11 is 0. The van der Waals surface area contributed by atoms with Crippen molar-refractivity contribution in [1.29, 1.82) is 0 Å². The average Bonchev–Trinajstić information content (AvgIpc) is 2.49. The van der Waals surface area contributed by atoms with Gasteiger partial charge in [-0.1, -0.05) is 12.1 Å². The van der Waals surface area contributed by atoms with E-state index < -0.39 is 0 Å². The highest BCUT2D eigenvalue weighted by Crippen LogP contribution is 2.55. The summed E-state index contributed by atoms with van der Waals surface area (Å²) in [6.45, 7) is 0.910. The molecule has 1 aromatic carbocycles. The number of phenols is 2. The first-order valence-corrected chi connectivity index (χ1v) is 7.38. The van der Waals surface area contributed by atoms with Crippen LogP contribution in [-0.2, 0) is 16.6 Å². The van der Waals surface area contributed by atoms with Crippen LogP contribution in [0.3, 0.4) is 0 Å². The molecule has 0 spiro atoms. The van der Waals surface area contributed by atoms with Crippen LogP contribution in [0.5, 0.6) is 11.5 Å². The van der Waals surface area contributed by atoms with Gasteiger partial charge >= 0.3 is 0 Å². The second-order valence-electron chi connectivity index (χ2n) is 6.15. The summed E-state index contributed by atoms with van der Waals surface area (Å²) in [7, 11) is 1.69. The molecule has 4 rings (SSSR count). The highest BCUT2D eigenvalue weighted by molar-refractivity contribution is 5.62. The number of phenolic OH excluding ortho intramolecular Hbond substituents is 2. The summed E-state index contributed by atoms with van der Waals surface area (Å²) in [6, 6.07) is 3.84. The lowest BCUT2D eigenvalue weighted by molar-refractivity contribution is 0.222. The molecule has 2 aliphatic carbocycles. The van der Waals surface area contributed by atoms with Gasteiger partial charge in [0.2, 0.25) is 0 Å². The van der Waals surface area contributed by atoms with E-state index in [1.807, 2.05) is 12.1 Å². The molecule has 2 unspecified atom stereocenters. The fourth-order valence-corrected chi connectivity index (χ4v) is 4.28. The van der Waals surface area contributed by atoms with Crippen LogP contribution in [0.15, 0.2) is 35.6 Å². The van der Waals surface area contributed by atoms with Crippen molar-refractivity contribution < 1.29 is 14.9 Å². The molecule has 3 aliphatic rings. The Balaban J connectivity index is 1.99. The molecular formula is C17H19NO3. The summed E-state index contributed by atoms with van der Waals surface area (Å²) in [5.41, 5.74) is 3.08. The average molecular weight is 285 g/mol. The minimum Gasteiger partial charge on any atom is -0.504 e. The highest BCUT2D eigenvalue weighted by Gasteiger charge is 2.50. The molecule has 1 aliphatic heterocycles. The monoisotopic (exact) mass is 285 g/mol. The molecule has 1 aromatic rings. The molecule has 3 N–H and O–H groups in total. The number of allylic oxidation sites excluding steroid dienone is 3. The Bertz CT molecular complexity index is 677. The first-order valence-electron chi connectivity index (χ1n) is 7.38. The van der Waals surface area contributed by atoms with Gasteiger partial charge in [-0.05, 0) is 42.7 Å². The van der Waals surface area contributed by atoms with Gasteiger partial charge in [-0.25, -0.2) is 0 Å². The number of hydrogen-bond acceptors (Lipinski definition) is 4. The Morgan fingerprint density at radius 1 is 1.29 bits per heavy atom. The topological polar surface area (TPSA) is 61.7 Å². The predicted octanol–water partition coefficient (Wildman–Crippen LogP) is 2.11. The van der Waals surface area contributed by atoms with Gasteiger partial charge in [0.05, 0.1) is 12.9 Å². The van der Waals surface area contributed by atoms with Crippen molar-refractivity contribution in [2.45, 2.75) is 30.7 Å². The van der Waals surface area contributed by atoms with Crippen molar-refractivity contribution in [3.8, 4) is 11.5 Å². The number of hydrogen-bond donors (Lipinski definition) is 3. The van der Waals surface area contributed by atoms with Gasteiger partial charge in [-0.3, -0.25) is 0 Å². The molecule has 4 heteroatoms. The van der Waals surface area contributed by atoms with Crippen molar-refractivity contribution >= 4 is 0 Å². The van der Waals surface area contributed by atoms with Crippen LogP contribution in [-0.4, -0.2) is 29.9 Å². The van der Waals surface area contributed by atoms with Crippen molar-refractivity contribution in [2.75, 3.05) is 13.7 Å². The SMILES string of the molecule is COC1=CC=C2C3Cc4ccc(O)c(O)c4C2(CCN3)C1. The van der Waals surface area contributed by atoms with Gasteiger partial charge in [0.1, 0.15) is 0 Å². The molecule has 2 atom stereocenters. The van der Waals surface area contributed by atoms with Crippen LogP contribution in [0.1, 0.15) is 24.0 Å². The highest BCUT2D eigenvalue weighted by atomic mass is 16.5. The fourth-order valence-electron chi connectivity index (χ4n) is 4.28. The van der Waals surface area contributed by atoms with E-state index in [0.717, 1.165) is 42.7 Å². The van der Waals surface area contributed by atoms with Crippen LogP contribution in [0.2, 0.25) is 0 Å². The molecule has 0 amide bonds. The summed E-state index contributed by atoms with van der Waals surface area (Å²) in [6.07, 6.45) is 6.66. The molecule has 2 bridgehead atoms. The second-order valence-corrected chi connectivity index (χ2v) is 6.15. The lowest BCUT2D eigenvalue weighted by atomic mass is 9.58. The number of nitrogens with one attached hydrogen (secondary N) is 1. The van der Waals surface area contributed by atoms with Gasteiger partial charge in [0, 0.05) is 23.4 Å². The Morgan fingerprint density at radius 3 is 2.95 bits per heavy atom. The van der Waals surface area contributed by atoms with E-state index in [2.05, 4.69) is 11.4 Å². The molecule has 110 valence electrons. The predicted molar refractivity (Wildman–Crippen MR) is 79.4 cm³/mol. The van der Waals surface area contributed by atoms with Gasteiger partial charge in [0.25, 0.3) is 0 Å². The van der Waals surface area contributed by atoms with E-state index in [4.69, 9.17) is 4.74 Å². The van der Waals surface area contributed by atoms with Gasteiger partial charge in [-0.2, -0.15) is 0 Å². The molecule has 4 nitrogen and oxygen atoms in total. The van der Waals surface area contributed by atoms with Crippen LogP contribution in [0.4, 0.5) is 0 Å². The molecule has 1 fully saturated rings. The normalized spacial score (nSPS) is 29.9. The number of piperidine rings is 1. The second kappa shape index (κ2) is 4.28. The number of rotatable bonds is 1. The quantitative estimate of drug-likeness (QED) is 0.692. The maximum absolute atomic E-state index is 10.5. The minimum absolute atomic E-state index is 0.0343. The van der Waals surface area contributed by atoms with Crippen LogP contribution >= 0.6 is 0 Å². The van der Waals surface area contributed by atoms with Crippen molar-refractivity contribution in [2.24, 2.45) is 0 Å². The van der Waals surface area contributed by atoms with Crippen LogP contribution < -0.4 is 5.32 Å². The number of fused-ring (bicyclic) bond motifs is 1. The van der Waals surface area contributed by atoms with E-state index in [0.29, 0.717) is 6.04 Å². The third-order valence-corrected chi connectivity index (χ3v) is 5.20. The maximum Gasteiger partial charge on any atom is 0.161 e. The summed E-state index contributed by atoms with van der Waals surface area (Å²) in [5, 5.41) is 24.0. The molecule has 0 aromatic heterocycles. The molecular weight excluding hydrogens is 266 g/mol. The van der Waals surface area contributed by atoms with E-state index in [-0.39, 0.29) is 16.9 Å². The molecule has 1 saturated heterocycles. The van der Waals surface area contributed by atoms with E-state index >= 15 is 0 Å². The first kappa shape index (κ1) is 12.8. The minimum atomic E-state index is -0.244. The third-order valence-electron chi connectivity index (χ3n) is 5.20. The van der Waals surface area contributed by atoms with Crippen molar-refractivity contribution in [3.05, 3.63) is 46.7 Å². The third kappa shape index (κ3) is 1.59. The number of methoxy groups -OCH3 is 1. The Kier molecular flexibility index (Phi) is 2.60. The molecule has 21 heavy (non-hydrogen) atoms. The number of aromatic hydroxyl groups is 2. The smallest absolute Gasteiger partial charge is 0.161 e. The molecule has 1 heterocycles. The maximum atomic E-state index is 10.5. The largest absolute Gasteiger partial charge is 0.504 e. The molecule has 0 saturated carbocycles. The van der Waals surface area contributed by atoms with E-state index in [1.165, 1.54) is 5.57 Å². The zero-order valence-corrected chi connectivity index (χ0v) is 12.0. The Morgan fingerprint density at radius 2 is 2.14 bits per heavy atom. The van der Waals surface area contributed by atoms with Crippen molar-refractivity contribution in [3.63, 3.8) is 0 Å². The fraction of sp³-hybridized carbons (Fsp3) is 0.412. The lowest BCUT2D eigenvalue weighted by Gasteiger charge is -2.50. The van der Waals surface area contributed by atoms with Crippen LogP contribution in [0.25, 0.3) is 0 Å². The number of ether oxygens (including phenoxy) is 1. The first-order chi connectivity index (χ1) is 10.2. The van der Waals surface area contributed by atoms with Gasteiger partial charge in [0.15, 0.2) is 11.5 Å².